The van der Waals surface area contributed by atoms with Crippen molar-refractivity contribution in [1.29, 1.82) is 0 Å². The van der Waals surface area contributed by atoms with E-state index in [2.05, 4.69) is 20.8 Å². The van der Waals surface area contributed by atoms with Crippen LogP contribution in [-0.4, -0.2) is 39.3 Å². The van der Waals surface area contributed by atoms with Crippen molar-refractivity contribution in [1.82, 2.24) is 25.5 Å². The maximum absolute atomic E-state index is 12.0. The summed E-state index contributed by atoms with van der Waals surface area (Å²) in [6.07, 6.45) is 0. The lowest BCUT2D eigenvalue weighted by Gasteiger charge is -2.09. The molecule has 1 N–H and O–H groups in total. The zero-order chi connectivity index (χ0) is 19.1. The molecule has 0 spiro atoms. The first-order chi connectivity index (χ1) is 13.2. The number of ether oxygens (including phenoxy) is 2. The molecule has 0 aliphatic carbocycles. The van der Waals surface area contributed by atoms with Crippen LogP contribution in [-0.2, 0) is 11.3 Å². The van der Waals surface area contributed by atoms with Gasteiger partial charge in [0, 0.05) is 0 Å². The van der Waals surface area contributed by atoms with Gasteiger partial charge in [0.15, 0.2) is 12.4 Å². The van der Waals surface area contributed by atoms with Gasteiger partial charge in [0.05, 0.1) is 18.8 Å². The highest BCUT2D eigenvalue weighted by molar-refractivity contribution is 5.77. The Morgan fingerprint density at radius 3 is 2.41 bits per heavy atom. The number of carbonyl (C=O) groups is 1. The van der Waals surface area contributed by atoms with E-state index in [0.29, 0.717) is 18.2 Å². The highest BCUT2D eigenvalue weighted by Gasteiger charge is 2.10. The number of aromatic nitrogens is 4. The van der Waals surface area contributed by atoms with Crippen LogP contribution >= 0.6 is 0 Å². The molecule has 0 radical (unpaired) electrons. The van der Waals surface area contributed by atoms with E-state index in [1.165, 1.54) is 0 Å². The number of amides is 1. The second kappa shape index (κ2) is 8.79. The van der Waals surface area contributed by atoms with E-state index in [-0.39, 0.29) is 19.1 Å². The van der Waals surface area contributed by atoms with Gasteiger partial charge in [0.1, 0.15) is 11.5 Å². The second-order valence-corrected chi connectivity index (χ2v) is 5.81. The van der Waals surface area contributed by atoms with Gasteiger partial charge in [-0.3, -0.25) is 4.79 Å². The summed E-state index contributed by atoms with van der Waals surface area (Å²) in [6, 6.07) is 14.9. The summed E-state index contributed by atoms with van der Waals surface area (Å²) in [7, 11) is 0. The molecule has 0 bridgehead atoms. The minimum absolute atomic E-state index is 0.0757. The van der Waals surface area contributed by atoms with Crippen LogP contribution in [0.2, 0.25) is 0 Å². The van der Waals surface area contributed by atoms with Crippen LogP contribution in [0.3, 0.4) is 0 Å². The summed E-state index contributed by atoms with van der Waals surface area (Å²) in [6.45, 7) is 4.64. The van der Waals surface area contributed by atoms with Gasteiger partial charge >= 0.3 is 0 Å². The van der Waals surface area contributed by atoms with Crippen molar-refractivity contribution < 1.29 is 14.3 Å². The third-order valence-electron chi connectivity index (χ3n) is 3.76. The number of hydrogen-bond acceptors (Lipinski definition) is 6. The van der Waals surface area contributed by atoms with Crippen LogP contribution in [0.4, 0.5) is 0 Å². The predicted molar refractivity (Wildman–Crippen MR) is 98.8 cm³/mol. The summed E-state index contributed by atoms with van der Waals surface area (Å²) >= 11 is 0. The molecule has 0 atom stereocenters. The third kappa shape index (κ3) is 5.04. The SMILES string of the molecule is CCOc1ccc(-n2nnnc2CNC(=O)COc2ccc(C)cc2)cc1. The molecule has 140 valence electrons. The van der Waals surface area contributed by atoms with Crippen molar-refractivity contribution >= 4 is 5.91 Å². The maximum atomic E-state index is 12.0. The van der Waals surface area contributed by atoms with Gasteiger partial charge in [-0.1, -0.05) is 17.7 Å². The summed E-state index contributed by atoms with van der Waals surface area (Å²) in [5.74, 6) is 1.69. The standard InChI is InChI=1S/C19H21N5O3/c1-3-26-16-10-6-15(7-11-16)24-18(21-22-23-24)12-20-19(25)13-27-17-8-4-14(2)5-9-17/h4-11H,3,12-13H2,1-2H3,(H,20,25). The number of rotatable bonds is 8. The van der Waals surface area contributed by atoms with Crippen molar-refractivity contribution in [2.75, 3.05) is 13.2 Å². The van der Waals surface area contributed by atoms with E-state index in [1.54, 1.807) is 4.68 Å². The Bertz CT molecular complexity index is 875. The van der Waals surface area contributed by atoms with Gasteiger partial charge in [0.2, 0.25) is 0 Å². The number of nitrogens with one attached hydrogen (secondary N) is 1. The lowest BCUT2D eigenvalue weighted by atomic mass is 10.2. The molecule has 0 saturated heterocycles. The van der Waals surface area contributed by atoms with E-state index in [0.717, 1.165) is 17.0 Å². The van der Waals surface area contributed by atoms with E-state index in [4.69, 9.17) is 9.47 Å². The minimum Gasteiger partial charge on any atom is -0.494 e. The molecule has 1 heterocycles. The second-order valence-electron chi connectivity index (χ2n) is 5.81. The number of benzene rings is 2. The summed E-state index contributed by atoms with van der Waals surface area (Å²) < 4.78 is 12.5. The molecule has 27 heavy (non-hydrogen) atoms. The van der Waals surface area contributed by atoms with Gasteiger partial charge in [-0.25, -0.2) is 0 Å². The topological polar surface area (TPSA) is 91.2 Å². The molecule has 0 fully saturated rings. The van der Waals surface area contributed by atoms with Crippen LogP contribution < -0.4 is 14.8 Å². The zero-order valence-electron chi connectivity index (χ0n) is 15.3. The fourth-order valence-electron chi connectivity index (χ4n) is 2.38. The highest BCUT2D eigenvalue weighted by Crippen LogP contribution is 2.15. The predicted octanol–water partition coefficient (Wildman–Crippen LogP) is 2.06. The Morgan fingerprint density at radius 1 is 1.04 bits per heavy atom. The van der Waals surface area contributed by atoms with Crippen LogP contribution in [0.5, 0.6) is 11.5 Å². The normalized spacial score (nSPS) is 10.4. The van der Waals surface area contributed by atoms with Crippen LogP contribution in [0.25, 0.3) is 5.69 Å². The largest absolute Gasteiger partial charge is 0.494 e. The van der Waals surface area contributed by atoms with Gasteiger partial charge in [-0.15, -0.1) is 5.10 Å². The lowest BCUT2D eigenvalue weighted by Crippen LogP contribution is -2.29. The Balaban J connectivity index is 1.54. The molecule has 8 heteroatoms. The van der Waals surface area contributed by atoms with E-state index in [1.807, 2.05) is 62.4 Å². The molecular weight excluding hydrogens is 346 g/mol. The molecule has 8 nitrogen and oxygen atoms in total. The Morgan fingerprint density at radius 2 is 1.70 bits per heavy atom. The molecule has 2 aromatic carbocycles. The Kier molecular flexibility index (Phi) is 5.98. The van der Waals surface area contributed by atoms with Gasteiger partial charge in [-0.05, 0) is 60.7 Å². The summed E-state index contributed by atoms with van der Waals surface area (Å²) in [5, 5.41) is 14.4. The number of aryl methyl sites for hydroxylation is 1. The van der Waals surface area contributed by atoms with Crippen LogP contribution in [0.15, 0.2) is 48.5 Å². The fourth-order valence-corrected chi connectivity index (χ4v) is 2.38. The first-order valence-corrected chi connectivity index (χ1v) is 8.62. The molecule has 0 unspecified atom stereocenters. The van der Waals surface area contributed by atoms with Gasteiger partial charge in [-0.2, -0.15) is 4.68 Å². The number of carbonyl (C=O) groups excluding carboxylic acids is 1. The molecule has 1 aromatic heterocycles. The van der Waals surface area contributed by atoms with E-state index in [9.17, 15) is 4.79 Å². The molecule has 3 rings (SSSR count). The van der Waals surface area contributed by atoms with E-state index < -0.39 is 0 Å². The average molecular weight is 367 g/mol. The van der Waals surface area contributed by atoms with Gasteiger partial charge in [0.25, 0.3) is 5.91 Å². The van der Waals surface area contributed by atoms with Crippen molar-refractivity contribution in [3.05, 3.63) is 59.9 Å². The first kappa shape index (κ1) is 18.4. The molecule has 0 saturated carbocycles. The Hall–Kier alpha value is -3.42. The summed E-state index contributed by atoms with van der Waals surface area (Å²) in [5.41, 5.74) is 1.91. The zero-order valence-corrected chi connectivity index (χ0v) is 15.3. The quantitative estimate of drug-likeness (QED) is 0.655. The lowest BCUT2D eigenvalue weighted by molar-refractivity contribution is -0.123. The van der Waals surface area contributed by atoms with Crippen LogP contribution in [0.1, 0.15) is 18.3 Å². The van der Waals surface area contributed by atoms with Crippen molar-refractivity contribution in [2.24, 2.45) is 0 Å². The smallest absolute Gasteiger partial charge is 0.258 e. The Labute approximate surface area is 157 Å². The first-order valence-electron chi connectivity index (χ1n) is 8.62. The molecule has 3 aromatic rings. The molecule has 0 aliphatic heterocycles. The molecule has 1 amide bonds. The molecule has 0 aliphatic rings. The van der Waals surface area contributed by atoms with Crippen molar-refractivity contribution in [3.63, 3.8) is 0 Å². The number of tetrazole rings is 1. The average Bonchev–Trinajstić information content (AvgIpc) is 3.15. The van der Waals surface area contributed by atoms with E-state index >= 15 is 0 Å². The monoisotopic (exact) mass is 367 g/mol. The fraction of sp³-hybridized carbons (Fsp3) is 0.263. The third-order valence-corrected chi connectivity index (χ3v) is 3.76. The van der Waals surface area contributed by atoms with Crippen LogP contribution in [0, 0.1) is 6.92 Å². The number of hydrogen-bond donors (Lipinski definition) is 1. The van der Waals surface area contributed by atoms with Crippen molar-refractivity contribution in [3.8, 4) is 17.2 Å². The maximum Gasteiger partial charge on any atom is 0.258 e. The summed E-state index contributed by atoms with van der Waals surface area (Å²) in [4.78, 5) is 12.0. The van der Waals surface area contributed by atoms with Gasteiger partial charge < -0.3 is 14.8 Å². The molecular formula is C19H21N5O3. The highest BCUT2D eigenvalue weighted by atomic mass is 16.5. The van der Waals surface area contributed by atoms with Crippen molar-refractivity contribution in [2.45, 2.75) is 20.4 Å². The number of nitrogens with zero attached hydrogens (tertiary/aromatic N) is 4. The minimum atomic E-state index is -0.253.